The molecule has 0 N–H and O–H groups in total. The number of carbonyl (C=O) groups is 1. The Bertz CT molecular complexity index is 552. The molecule has 0 aromatic carbocycles. The van der Waals surface area contributed by atoms with E-state index in [1.54, 1.807) is 24.0 Å². The van der Waals surface area contributed by atoms with E-state index in [-0.39, 0.29) is 11.7 Å². The normalized spacial score (nSPS) is 11.1. The number of aryl methyl sites for hydroxylation is 2. The van der Waals surface area contributed by atoms with Crippen molar-refractivity contribution in [3.8, 4) is 11.6 Å². The highest BCUT2D eigenvalue weighted by Gasteiger charge is 2.18. The van der Waals surface area contributed by atoms with Gasteiger partial charge in [0.25, 0.3) is 0 Å². The maximum absolute atomic E-state index is 11.9. The lowest BCUT2D eigenvalue weighted by Gasteiger charge is -2.02. The molecule has 0 saturated heterocycles. The third kappa shape index (κ3) is 2.13. The van der Waals surface area contributed by atoms with Gasteiger partial charge in [0, 0.05) is 19.0 Å². The lowest BCUT2D eigenvalue weighted by Crippen LogP contribution is -2.12. The Hall–Kier alpha value is -1.91. The van der Waals surface area contributed by atoms with Crippen molar-refractivity contribution < 1.29 is 9.21 Å². The van der Waals surface area contributed by atoms with Gasteiger partial charge in [-0.05, 0) is 6.92 Å². The van der Waals surface area contributed by atoms with Gasteiger partial charge in [0.2, 0.25) is 5.89 Å². The number of ketones is 1. The molecular weight excluding hydrogens is 218 g/mol. The molecule has 0 fully saturated rings. The molecule has 0 aliphatic heterocycles. The second-order valence-electron chi connectivity index (χ2n) is 4.33. The third-order valence-electron chi connectivity index (χ3n) is 2.50. The molecule has 2 aromatic rings. The summed E-state index contributed by atoms with van der Waals surface area (Å²) in [6.45, 7) is 5.55. The maximum atomic E-state index is 11.9. The lowest BCUT2D eigenvalue weighted by molar-refractivity contribution is 0.0930. The van der Waals surface area contributed by atoms with Crippen molar-refractivity contribution in [2.24, 2.45) is 13.0 Å². The van der Waals surface area contributed by atoms with Gasteiger partial charge in [-0.3, -0.25) is 9.48 Å². The quantitative estimate of drug-likeness (QED) is 0.762. The molecule has 0 saturated carbocycles. The third-order valence-corrected chi connectivity index (χ3v) is 2.50. The number of rotatable bonds is 3. The Labute approximate surface area is 99.5 Å². The van der Waals surface area contributed by atoms with Crippen molar-refractivity contribution >= 4 is 5.78 Å². The summed E-state index contributed by atoms with van der Waals surface area (Å²) in [5.74, 6) is 1.18. The molecule has 2 aromatic heterocycles. The number of aromatic nitrogens is 3. The van der Waals surface area contributed by atoms with Gasteiger partial charge in [-0.15, -0.1) is 0 Å². The van der Waals surface area contributed by atoms with E-state index in [2.05, 4.69) is 10.1 Å². The second-order valence-corrected chi connectivity index (χ2v) is 4.33. The highest BCUT2D eigenvalue weighted by molar-refractivity contribution is 5.96. The van der Waals surface area contributed by atoms with Crippen LogP contribution >= 0.6 is 0 Å². The van der Waals surface area contributed by atoms with E-state index >= 15 is 0 Å². The van der Waals surface area contributed by atoms with E-state index in [1.165, 1.54) is 0 Å². The Balaban J connectivity index is 2.40. The van der Waals surface area contributed by atoms with Crippen LogP contribution in [0.15, 0.2) is 16.7 Å². The topological polar surface area (TPSA) is 60.9 Å². The number of nitrogens with zero attached hydrogens (tertiary/aromatic N) is 3. The van der Waals surface area contributed by atoms with Crippen LogP contribution in [0.4, 0.5) is 0 Å². The van der Waals surface area contributed by atoms with Crippen LogP contribution in [0.1, 0.15) is 30.1 Å². The van der Waals surface area contributed by atoms with Gasteiger partial charge in [-0.2, -0.15) is 5.10 Å². The molecule has 17 heavy (non-hydrogen) atoms. The second kappa shape index (κ2) is 4.16. The van der Waals surface area contributed by atoms with Gasteiger partial charge in [-0.25, -0.2) is 4.98 Å². The molecule has 0 aliphatic carbocycles. The smallest absolute Gasteiger partial charge is 0.247 e. The summed E-state index contributed by atoms with van der Waals surface area (Å²) in [6.07, 6.45) is 1.63. The first-order valence-corrected chi connectivity index (χ1v) is 5.50. The van der Waals surface area contributed by atoms with E-state index in [4.69, 9.17) is 4.42 Å². The molecule has 2 rings (SSSR count). The Morgan fingerprint density at radius 3 is 2.71 bits per heavy atom. The number of hydrogen-bond acceptors (Lipinski definition) is 4. The lowest BCUT2D eigenvalue weighted by atomic mass is 10.1. The summed E-state index contributed by atoms with van der Waals surface area (Å²) in [4.78, 5) is 16.0. The van der Waals surface area contributed by atoms with Crippen LogP contribution < -0.4 is 0 Å². The zero-order valence-electron chi connectivity index (χ0n) is 10.4. The van der Waals surface area contributed by atoms with Crippen molar-refractivity contribution in [3.05, 3.63) is 23.7 Å². The predicted molar refractivity (Wildman–Crippen MR) is 62.6 cm³/mol. The zero-order chi connectivity index (χ0) is 12.6. The van der Waals surface area contributed by atoms with Crippen LogP contribution in [-0.4, -0.2) is 20.5 Å². The average Bonchev–Trinajstić information content (AvgIpc) is 2.83. The first-order valence-electron chi connectivity index (χ1n) is 5.50. The van der Waals surface area contributed by atoms with Crippen molar-refractivity contribution in [2.45, 2.75) is 20.8 Å². The minimum absolute atomic E-state index is 0.0513. The Morgan fingerprint density at radius 2 is 2.18 bits per heavy atom. The molecule has 5 heteroatoms. The molecule has 0 radical (unpaired) electrons. The average molecular weight is 233 g/mol. The molecule has 2 heterocycles. The summed E-state index contributed by atoms with van der Waals surface area (Å²) in [6, 6.07) is 1.72. The molecular formula is C12H15N3O2. The van der Waals surface area contributed by atoms with Gasteiger partial charge in [0.05, 0.1) is 6.20 Å². The Morgan fingerprint density at radius 1 is 1.47 bits per heavy atom. The van der Waals surface area contributed by atoms with Gasteiger partial charge in [0.1, 0.15) is 17.1 Å². The number of hydrogen-bond donors (Lipinski definition) is 0. The standard InChI is InChI=1S/C12H15N3O2/c1-7(2)11(16)10-5-9(14-15(10)4)12-13-6-8(3)17-12/h5-7H,1-4H3. The molecule has 0 unspecified atom stereocenters. The summed E-state index contributed by atoms with van der Waals surface area (Å²) in [7, 11) is 1.74. The highest BCUT2D eigenvalue weighted by atomic mass is 16.4. The van der Waals surface area contributed by atoms with E-state index in [0.717, 1.165) is 5.76 Å². The largest absolute Gasteiger partial charge is 0.440 e. The Kier molecular flexibility index (Phi) is 2.83. The summed E-state index contributed by atoms with van der Waals surface area (Å²) < 4.78 is 6.95. The monoisotopic (exact) mass is 233 g/mol. The first-order chi connectivity index (χ1) is 7.99. The summed E-state index contributed by atoms with van der Waals surface area (Å²) in [5.41, 5.74) is 1.16. The molecule has 0 atom stereocenters. The summed E-state index contributed by atoms with van der Waals surface area (Å²) in [5, 5.41) is 4.24. The molecule has 5 nitrogen and oxygen atoms in total. The van der Waals surface area contributed by atoms with Crippen molar-refractivity contribution in [1.29, 1.82) is 0 Å². The number of oxazole rings is 1. The van der Waals surface area contributed by atoms with Crippen LogP contribution in [0, 0.1) is 12.8 Å². The molecule has 0 bridgehead atoms. The van der Waals surface area contributed by atoms with Crippen LogP contribution in [0.5, 0.6) is 0 Å². The fourth-order valence-corrected chi connectivity index (χ4v) is 1.57. The predicted octanol–water partition coefficient (Wildman–Crippen LogP) is 2.22. The first kappa shape index (κ1) is 11.6. The van der Waals surface area contributed by atoms with Gasteiger partial charge in [0.15, 0.2) is 5.78 Å². The molecule has 90 valence electrons. The minimum Gasteiger partial charge on any atom is -0.440 e. The highest BCUT2D eigenvalue weighted by Crippen LogP contribution is 2.19. The van der Waals surface area contributed by atoms with Gasteiger partial charge < -0.3 is 4.42 Å². The molecule has 0 spiro atoms. The van der Waals surface area contributed by atoms with Gasteiger partial charge >= 0.3 is 0 Å². The van der Waals surface area contributed by atoms with Crippen molar-refractivity contribution in [2.75, 3.05) is 0 Å². The minimum atomic E-state index is -0.0513. The van der Waals surface area contributed by atoms with E-state index in [9.17, 15) is 4.79 Å². The molecule has 0 aliphatic rings. The van der Waals surface area contributed by atoms with E-state index in [0.29, 0.717) is 17.3 Å². The van der Waals surface area contributed by atoms with Crippen molar-refractivity contribution in [3.63, 3.8) is 0 Å². The fourth-order valence-electron chi connectivity index (χ4n) is 1.57. The van der Waals surface area contributed by atoms with E-state index < -0.39 is 0 Å². The number of Topliss-reactive ketones (excluding diaryl/α,β-unsaturated/α-hetero) is 1. The van der Waals surface area contributed by atoms with Crippen LogP contribution in [0.25, 0.3) is 11.6 Å². The molecule has 0 amide bonds. The van der Waals surface area contributed by atoms with Crippen molar-refractivity contribution in [1.82, 2.24) is 14.8 Å². The van der Waals surface area contributed by atoms with Crippen LogP contribution in [0.2, 0.25) is 0 Å². The number of carbonyl (C=O) groups excluding carboxylic acids is 1. The zero-order valence-corrected chi connectivity index (χ0v) is 10.4. The van der Waals surface area contributed by atoms with E-state index in [1.807, 2.05) is 20.8 Å². The SMILES string of the molecule is Cc1cnc(-c2cc(C(=O)C(C)C)n(C)n2)o1. The maximum Gasteiger partial charge on any atom is 0.247 e. The summed E-state index contributed by atoms with van der Waals surface area (Å²) >= 11 is 0. The van der Waals surface area contributed by atoms with Crippen LogP contribution in [-0.2, 0) is 7.05 Å². The fraction of sp³-hybridized carbons (Fsp3) is 0.417. The van der Waals surface area contributed by atoms with Crippen LogP contribution in [0.3, 0.4) is 0 Å². The van der Waals surface area contributed by atoms with Gasteiger partial charge in [-0.1, -0.05) is 13.8 Å².